The lowest BCUT2D eigenvalue weighted by Crippen LogP contribution is -2.26. The van der Waals surface area contributed by atoms with Crippen molar-refractivity contribution in [3.05, 3.63) is 34.4 Å². The molecule has 0 spiro atoms. The minimum Gasteiger partial charge on any atom is -0.289 e. The third-order valence-electron chi connectivity index (χ3n) is 5.79. The van der Waals surface area contributed by atoms with Crippen LogP contribution in [0, 0.1) is 0 Å². The molecule has 1 aromatic carbocycles. The van der Waals surface area contributed by atoms with Crippen molar-refractivity contribution in [2.24, 2.45) is 0 Å². The van der Waals surface area contributed by atoms with Crippen LogP contribution in [0.2, 0.25) is 0 Å². The molecule has 1 aliphatic carbocycles. The van der Waals surface area contributed by atoms with Gasteiger partial charge >= 0.3 is 0 Å². The summed E-state index contributed by atoms with van der Waals surface area (Å²) in [6, 6.07) is 4.65. The Labute approximate surface area is 169 Å². The largest absolute Gasteiger partial charge is 0.289 e. The maximum atomic E-state index is 13.6. The van der Waals surface area contributed by atoms with Crippen LogP contribution >= 0.6 is 8.58 Å². The van der Waals surface area contributed by atoms with E-state index in [1.54, 1.807) is 0 Å². The number of benzene rings is 1. The van der Waals surface area contributed by atoms with Crippen LogP contribution in [-0.4, -0.2) is 11.2 Å². The van der Waals surface area contributed by atoms with E-state index in [0.717, 1.165) is 5.56 Å². The molecule has 0 radical (unpaired) electrons. The van der Waals surface area contributed by atoms with Crippen molar-refractivity contribution in [3.8, 4) is 0 Å². The Hall–Kier alpha value is -0.680. The second-order valence-corrected chi connectivity index (χ2v) is 13.1. The zero-order valence-electron chi connectivity index (χ0n) is 19.2. The van der Waals surface area contributed by atoms with Crippen LogP contribution in [0.1, 0.15) is 121 Å². The Morgan fingerprint density at radius 2 is 1.22 bits per heavy atom. The molecule has 0 bridgehead atoms. The topological polar surface area (TPSA) is 17.1 Å². The maximum absolute atomic E-state index is 13.6. The Morgan fingerprint density at radius 3 is 1.59 bits per heavy atom. The van der Waals surface area contributed by atoms with Gasteiger partial charge in [-0.3, -0.25) is 4.79 Å². The van der Waals surface area contributed by atoms with Crippen molar-refractivity contribution in [3.63, 3.8) is 0 Å². The molecule has 2 rings (SSSR count). The van der Waals surface area contributed by atoms with Gasteiger partial charge in [-0.2, -0.15) is 0 Å². The summed E-state index contributed by atoms with van der Waals surface area (Å²) in [5.41, 5.74) is 5.87. The van der Waals surface area contributed by atoms with Gasteiger partial charge < -0.3 is 0 Å². The van der Waals surface area contributed by atoms with Crippen molar-refractivity contribution < 1.29 is 4.79 Å². The van der Waals surface area contributed by atoms with Crippen molar-refractivity contribution in [1.29, 1.82) is 0 Å². The lowest BCUT2D eigenvalue weighted by atomic mass is 9.72. The third-order valence-corrected chi connectivity index (χ3v) is 7.29. The SMILES string of the molecule is CC(C)(C)c1cc(C(C)(C)C)c(C(=O)PC2CCCCC2)c(C(C)(C)C)c1. The molecule has 152 valence electrons. The van der Waals surface area contributed by atoms with E-state index in [0.29, 0.717) is 19.8 Å². The Balaban J connectivity index is 2.63. The van der Waals surface area contributed by atoms with Crippen molar-refractivity contribution in [2.45, 2.75) is 116 Å². The van der Waals surface area contributed by atoms with Gasteiger partial charge in [-0.25, -0.2) is 0 Å². The molecular weight excluding hydrogens is 347 g/mol. The zero-order chi connectivity index (χ0) is 20.6. The van der Waals surface area contributed by atoms with Crippen LogP contribution in [0.5, 0.6) is 0 Å². The number of hydrogen-bond acceptors (Lipinski definition) is 1. The van der Waals surface area contributed by atoms with E-state index < -0.39 is 0 Å². The summed E-state index contributed by atoms with van der Waals surface area (Å²) in [4.78, 5) is 13.6. The highest BCUT2D eigenvalue weighted by molar-refractivity contribution is 7.59. The molecule has 1 nitrogen and oxygen atoms in total. The van der Waals surface area contributed by atoms with E-state index in [1.807, 2.05) is 0 Å². The van der Waals surface area contributed by atoms with Gasteiger partial charge in [0.1, 0.15) is 0 Å². The fraction of sp³-hybridized carbons (Fsp3) is 0.720. The molecule has 1 unspecified atom stereocenters. The van der Waals surface area contributed by atoms with Gasteiger partial charge in [-0.15, -0.1) is 0 Å². The summed E-state index contributed by atoms with van der Waals surface area (Å²) in [6.45, 7) is 20.3. The first-order chi connectivity index (χ1) is 12.2. The first-order valence-corrected chi connectivity index (χ1v) is 11.8. The van der Waals surface area contributed by atoms with Crippen LogP contribution in [0.25, 0.3) is 0 Å². The van der Waals surface area contributed by atoms with Gasteiger partial charge in [-0.05, 0) is 60.0 Å². The number of carbonyl (C=O) groups is 1. The lowest BCUT2D eigenvalue weighted by molar-refractivity contribution is 0.108. The summed E-state index contributed by atoms with van der Waals surface area (Å²) >= 11 is 0. The zero-order valence-corrected chi connectivity index (χ0v) is 20.2. The lowest BCUT2D eigenvalue weighted by Gasteiger charge is -2.33. The van der Waals surface area contributed by atoms with E-state index in [4.69, 9.17) is 0 Å². The average molecular weight is 389 g/mol. The number of rotatable bonds is 3. The van der Waals surface area contributed by atoms with Gasteiger partial charge in [0, 0.05) is 5.56 Å². The summed E-state index contributed by atoms with van der Waals surface area (Å²) in [5, 5.41) is 0. The first kappa shape index (κ1) is 22.6. The van der Waals surface area contributed by atoms with E-state index in [2.05, 4.69) is 74.4 Å². The normalized spacial score (nSPS) is 17.7. The van der Waals surface area contributed by atoms with Crippen LogP contribution in [-0.2, 0) is 16.2 Å². The molecule has 0 aromatic heterocycles. The molecule has 1 fully saturated rings. The molecule has 0 N–H and O–H groups in total. The Morgan fingerprint density at radius 1 is 0.778 bits per heavy atom. The number of carbonyl (C=O) groups excluding carboxylic acids is 1. The molecular formula is C25H41OP. The second kappa shape index (κ2) is 7.98. The molecule has 0 heterocycles. The van der Waals surface area contributed by atoms with Gasteiger partial charge in [0.15, 0.2) is 5.52 Å². The van der Waals surface area contributed by atoms with Gasteiger partial charge in [0.05, 0.1) is 0 Å². The molecule has 27 heavy (non-hydrogen) atoms. The van der Waals surface area contributed by atoms with Gasteiger partial charge in [-0.1, -0.05) is 93.7 Å². The maximum Gasteiger partial charge on any atom is 0.181 e. The van der Waals surface area contributed by atoms with Crippen molar-refractivity contribution >= 4 is 14.1 Å². The highest BCUT2D eigenvalue weighted by atomic mass is 31.1. The molecule has 2 heteroatoms. The smallest absolute Gasteiger partial charge is 0.181 e. The van der Waals surface area contributed by atoms with Gasteiger partial charge in [0.2, 0.25) is 0 Å². The summed E-state index contributed by atoms with van der Waals surface area (Å²) in [5.74, 6) is 0. The van der Waals surface area contributed by atoms with Crippen molar-refractivity contribution in [2.75, 3.05) is 0 Å². The molecule has 1 aliphatic rings. The van der Waals surface area contributed by atoms with E-state index >= 15 is 0 Å². The molecule has 0 saturated heterocycles. The first-order valence-electron chi connectivity index (χ1n) is 10.7. The van der Waals surface area contributed by atoms with Gasteiger partial charge in [0.25, 0.3) is 0 Å². The molecule has 0 aliphatic heterocycles. The highest BCUT2D eigenvalue weighted by Gasteiger charge is 2.32. The molecule has 1 saturated carbocycles. The second-order valence-electron chi connectivity index (χ2n) is 11.5. The summed E-state index contributed by atoms with van der Waals surface area (Å²) < 4.78 is 0. The van der Waals surface area contributed by atoms with Crippen LogP contribution in [0.4, 0.5) is 0 Å². The Kier molecular flexibility index (Phi) is 6.68. The highest BCUT2D eigenvalue weighted by Crippen LogP contribution is 2.43. The predicted molar refractivity (Wildman–Crippen MR) is 122 cm³/mol. The molecule has 1 atom stereocenters. The monoisotopic (exact) mass is 388 g/mol. The van der Waals surface area contributed by atoms with Crippen LogP contribution < -0.4 is 0 Å². The van der Waals surface area contributed by atoms with Crippen LogP contribution in [0.3, 0.4) is 0 Å². The van der Waals surface area contributed by atoms with Crippen molar-refractivity contribution in [1.82, 2.24) is 0 Å². The van der Waals surface area contributed by atoms with E-state index in [9.17, 15) is 4.79 Å². The van der Waals surface area contributed by atoms with Crippen LogP contribution in [0.15, 0.2) is 12.1 Å². The van der Waals surface area contributed by atoms with E-state index in [-0.39, 0.29) is 16.2 Å². The minimum atomic E-state index is -0.0384. The van der Waals surface area contributed by atoms with E-state index in [1.165, 1.54) is 48.8 Å². The summed E-state index contributed by atoms with van der Waals surface area (Å²) in [6.07, 6.45) is 6.41. The fourth-order valence-electron chi connectivity index (χ4n) is 4.01. The molecule has 1 aromatic rings. The quantitative estimate of drug-likeness (QED) is 0.484. The number of hydrogen-bond donors (Lipinski definition) is 0. The fourth-order valence-corrected chi connectivity index (χ4v) is 5.49. The third kappa shape index (κ3) is 5.66. The minimum absolute atomic E-state index is 0.0384. The average Bonchev–Trinajstić information content (AvgIpc) is 2.52. The summed E-state index contributed by atoms with van der Waals surface area (Å²) in [7, 11) is 0.428. The Bertz CT molecular complexity index is 639. The molecule has 0 amide bonds. The predicted octanol–water partition coefficient (Wildman–Crippen LogP) is 7.73. The standard InChI is InChI=1S/C25H41OP/c1-23(2,3)17-15-19(24(4,5)6)21(20(16-17)25(7,8)9)22(26)27-18-13-11-10-12-14-18/h15-16,18,27H,10-14H2,1-9H3.